The predicted octanol–water partition coefficient (Wildman–Crippen LogP) is 3.29. The van der Waals surface area contributed by atoms with Crippen LogP contribution in [0, 0.1) is 13.8 Å². The second kappa shape index (κ2) is 5.02. The van der Waals surface area contributed by atoms with E-state index in [1.165, 1.54) is 11.1 Å². The average Bonchev–Trinajstić information content (AvgIpc) is 2.45. The lowest BCUT2D eigenvalue weighted by molar-refractivity contribution is 0.872. The first kappa shape index (κ1) is 12.8. The summed E-state index contributed by atoms with van der Waals surface area (Å²) in [6.07, 6.45) is 3.41. The van der Waals surface area contributed by atoms with Gasteiger partial charge in [0, 0.05) is 18.0 Å². The number of rotatable bonds is 2. The van der Waals surface area contributed by atoms with Crippen LogP contribution in [0.2, 0.25) is 0 Å². The Labute approximate surface area is 118 Å². The maximum atomic E-state index is 6.45. The maximum Gasteiger partial charge on any atom is 0.0937 e. The summed E-state index contributed by atoms with van der Waals surface area (Å²) >= 11 is 0. The third kappa shape index (κ3) is 2.28. The molecule has 0 aliphatic rings. The fourth-order valence-electron chi connectivity index (χ4n) is 2.64. The van der Waals surface area contributed by atoms with Crippen LogP contribution in [0.4, 0.5) is 0 Å². The minimum Gasteiger partial charge on any atom is -0.320 e. The third-order valence-electron chi connectivity index (χ3n) is 3.47. The number of benzene rings is 2. The molecule has 0 bridgehead atoms. The first-order chi connectivity index (χ1) is 9.65. The minimum absolute atomic E-state index is 0.186. The Morgan fingerprint density at radius 2 is 1.65 bits per heavy atom. The molecule has 0 saturated heterocycles. The smallest absolute Gasteiger partial charge is 0.0937 e. The number of fused-ring (bicyclic) bond motifs is 1. The first-order valence-electron chi connectivity index (χ1n) is 6.68. The summed E-state index contributed by atoms with van der Waals surface area (Å²) in [5.41, 5.74) is 12.8. The molecule has 1 heterocycles. The van der Waals surface area contributed by atoms with E-state index in [0.717, 1.165) is 22.2 Å². The van der Waals surface area contributed by atoms with Crippen LogP contribution in [0.15, 0.2) is 48.8 Å². The zero-order valence-corrected chi connectivity index (χ0v) is 11.7. The predicted molar refractivity (Wildman–Crippen MR) is 81.5 cm³/mol. The Morgan fingerprint density at radius 1 is 0.950 bits per heavy atom. The summed E-state index contributed by atoms with van der Waals surface area (Å²) < 4.78 is 0. The fourth-order valence-corrected chi connectivity index (χ4v) is 2.64. The van der Waals surface area contributed by atoms with Crippen molar-refractivity contribution in [2.24, 2.45) is 5.73 Å². The van der Waals surface area contributed by atoms with Crippen LogP contribution >= 0.6 is 0 Å². The number of nitrogens with zero attached hydrogens (tertiary/aromatic N) is 2. The van der Waals surface area contributed by atoms with Crippen LogP contribution in [-0.2, 0) is 0 Å². The van der Waals surface area contributed by atoms with Gasteiger partial charge in [0.1, 0.15) is 0 Å². The van der Waals surface area contributed by atoms with E-state index in [1.54, 1.807) is 12.4 Å². The standard InChI is InChI=1S/C17H17N3/c1-11-8-12(2)10-13(9-11)16(18)14-4-3-5-15-17(14)20-7-6-19-15/h3-10,16H,18H2,1-2H3. The summed E-state index contributed by atoms with van der Waals surface area (Å²) in [4.78, 5) is 8.77. The third-order valence-corrected chi connectivity index (χ3v) is 3.47. The second-order valence-electron chi connectivity index (χ2n) is 5.17. The van der Waals surface area contributed by atoms with E-state index in [0.29, 0.717) is 0 Å². The molecule has 100 valence electrons. The van der Waals surface area contributed by atoms with Crippen molar-refractivity contribution in [1.82, 2.24) is 9.97 Å². The molecule has 3 heteroatoms. The summed E-state index contributed by atoms with van der Waals surface area (Å²) in [5, 5.41) is 0. The zero-order valence-electron chi connectivity index (χ0n) is 11.7. The van der Waals surface area contributed by atoms with E-state index in [-0.39, 0.29) is 6.04 Å². The van der Waals surface area contributed by atoms with Crippen LogP contribution in [-0.4, -0.2) is 9.97 Å². The Hall–Kier alpha value is -2.26. The molecule has 3 nitrogen and oxygen atoms in total. The van der Waals surface area contributed by atoms with Crippen molar-refractivity contribution in [3.8, 4) is 0 Å². The van der Waals surface area contributed by atoms with Crippen LogP contribution in [0.3, 0.4) is 0 Å². The maximum absolute atomic E-state index is 6.45. The van der Waals surface area contributed by atoms with Crippen molar-refractivity contribution in [1.29, 1.82) is 0 Å². The molecule has 2 aromatic carbocycles. The van der Waals surface area contributed by atoms with Gasteiger partial charge < -0.3 is 5.73 Å². The number of hydrogen-bond acceptors (Lipinski definition) is 3. The Morgan fingerprint density at radius 3 is 2.40 bits per heavy atom. The van der Waals surface area contributed by atoms with Gasteiger partial charge in [-0.05, 0) is 25.5 Å². The van der Waals surface area contributed by atoms with Crippen molar-refractivity contribution in [2.75, 3.05) is 0 Å². The van der Waals surface area contributed by atoms with Crippen LogP contribution < -0.4 is 5.73 Å². The molecule has 0 saturated carbocycles. The summed E-state index contributed by atoms with van der Waals surface area (Å²) in [5.74, 6) is 0. The molecule has 20 heavy (non-hydrogen) atoms. The van der Waals surface area contributed by atoms with Gasteiger partial charge in [-0.3, -0.25) is 9.97 Å². The monoisotopic (exact) mass is 263 g/mol. The fraction of sp³-hybridized carbons (Fsp3) is 0.176. The molecule has 0 spiro atoms. The van der Waals surface area contributed by atoms with Crippen molar-refractivity contribution >= 4 is 11.0 Å². The van der Waals surface area contributed by atoms with Gasteiger partial charge in [-0.15, -0.1) is 0 Å². The summed E-state index contributed by atoms with van der Waals surface area (Å²) in [6, 6.07) is 12.2. The van der Waals surface area contributed by atoms with Gasteiger partial charge in [-0.1, -0.05) is 41.5 Å². The van der Waals surface area contributed by atoms with Crippen molar-refractivity contribution in [3.63, 3.8) is 0 Å². The van der Waals surface area contributed by atoms with E-state index < -0.39 is 0 Å². The molecule has 3 aromatic rings. The largest absolute Gasteiger partial charge is 0.320 e. The number of nitrogens with two attached hydrogens (primary N) is 1. The Balaban J connectivity index is 2.15. The minimum atomic E-state index is -0.186. The second-order valence-corrected chi connectivity index (χ2v) is 5.17. The highest BCUT2D eigenvalue weighted by atomic mass is 14.8. The lowest BCUT2D eigenvalue weighted by Crippen LogP contribution is -2.13. The van der Waals surface area contributed by atoms with Crippen molar-refractivity contribution < 1.29 is 0 Å². The molecule has 2 N–H and O–H groups in total. The van der Waals surface area contributed by atoms with E-state index >= 15 is 0 Å². The highest BCUT2D eigenvalue weighted by molar-refractivity contribution is 5.78. The number of aromatic nitrogens is 2. The molecule has 0 fully saturated rings. The van der Waals surface area contributed by atoms with E-state index in [9.17, 15) is 0 Å². The normalized spacial score (nSPS) is 12.6. The Kier molecular flexibility index (Phi) is 3.20. The van der Waals surface area contributed by atoms with Crippen LogP contribution in [0.5, 0.6) is 0 Å². The zero-order chi connectivity index (χ0) is 14.1. The van der Waals surface area contributed by atoms with E-state index in [1.807, 2.05) is 18.2 Å². The van der Waals surface area contributed by atoms with Gasteiger partial charge >= 0.3 is 0 Å². The first-order valence-corrected chi connectivity index (χ1v) is 6.68. The van der Waals surface area contributed by atoms with Gasteiger partial charge in [0.05, 0.1) is 17.1 Å². The molecule has 1 atom stereocenters. The van der Waals surface area contributed by atoms with Crippen molar-refractivity contribution in [3.05, 3.63) is 71.0 Å². The number of hydrogen-bond donors (Lipinski definition) is 1. The SMILES string of the molecule is Cc1cc(C)cc(C(N)c2cccc3nccnc23)c1. The van der Waals surface area contributed by atoms with Gasteiger partial charge in [0.25, 0.3) is 0 Å². The van der Waals surface area contributed by atoms with E-state index in [2.05, 4.69) is 42.0 Å². The molecule has 0 aliphatic carbocycles. The summed E-state index contributed by atoms with van der Waals surface area (Å²) in [7, 11) is 0. The topological polar surface area (TPSA) is 51.8 Å². The van der Waals surface area contributed by atoms with Crippen LogP contribution in [0.25, 0.3) is 11.0 Å². The molecule has 1 aromatic heterocycles. The van der Waals surface area contributed by atoms with Gasteiger partial charge in [-0.2, -0.15) is 0 Å². The number of aryl methyl sites for hydroxylation is 2. The molecule has 1 unspecified atom stereocenters. The van der Waals surface area contributed by atoms with E-state index in [4.69, 9.17) is 5.73 Å². The molecule has 3 rings (SSSR count). The van der Waals surface area contributed by atoms with Crippen molar-refractivity contribution in [2.45, 2.75) is 19.9 Å². The highest BCUT2D eigenvalue weighted by Crippen LogP contribution is 2.26. The average molecular weight is 263 g/mol. The molecule has 0 aliphatic heterocycles. The van der Waals surface area contributed by atoms with Gasteiger partial charge in [-0.25, -0.2) is 0 Å². The summed E-state index contributed by atoms with van der Waals surface area (Å²) in [6.45, 7) is 4.18. The van der Waals surface area contributed by atoms with Crippen LogP contribution in [0.1, 0.15) is 28.3 Å². The molecule has 0 amide bonds. The lowest BCUT2D eigenvalue weighted by atomic mass is 9.95. The van der Waals surface area contributed by atoms with Gasteiger partial charge in [0.15, 0.2) is 0 Å². The van der Waals surface area contributed by atoms with Gasteiger partial charge in [0.2, 0.25) is 0 Å². The quantitative estimate of drug-likeness (QED) is 0.771. The number of para-hydroxylation sites is 1. The molecular weight excluding hydrogens is 246 g/mol. The Bertz CT molecular complexity index is 740. The lowest BCUT2D eigenvalue weighted by Gasteiger charge is -2.15. The molecular formula is C17H17N3. The molecule has 0 radical (unpaired) electrons. The highest BCUT2D eigenvalue weighted by Gasteiger charge is 2.13.